The van der Waals surface area contributed by atoms with E-state index in [1.807, 2.05) is 0 Å². The first-order chi connectivity index (χ1) is 7.92. The van der Waals surface area contributed by atoms with Crippen LogP contribution in [0.1, 0.15) is 40.5 Å². The molecule has 104 valence electrons. The van der Waals surface area contributed by atoms with Gasteiger partial charge in [-0.25, -0.2) is 0 Å². The second-order valence-electron chi connectivity index (χ2n) is 5.77. The van der Waals surface area contributed by atoms with Crippen LogP contribution in [-0.4, -0.2) is 49.8 Å². The Balaban J connectivity index is 4.19. The molecule has 0 saturated heterocycles. The van der Waals surface area contributed by atoms with Gasteiger partial charge in [-0.05, 0) is 32.9 Å². The number of likely N-dealkylation sites (N-methyl/N-ethyl adjacent to an activating group) is 1. The Labute approximate surface area is 108 Å². The van der Waals surface area contributed by atoms with Crippen LogP contribution in [0.4, 0.5) is 0 Å². The SMILES string of the molecule is CCC(CC)(CO)CNCC(C(C)C)N(C)C. The summed E-state index contributed by atoms with van der Waals surface area (Å²) < 4.78 is 0. The minimum absolute atomic E-state index is 0.0633. The van der Waals surface area contributed by atoms with Crippen molar-refractivity contribution < 1.29 is 5.11 Å². The summed E-state index contributed by atoms with van der Waals surface area (Å²) in [6, 6.07) is 0.556. The molecule has 0 aliphatic rings. The van der Waals surface area contributed by atoms with Gasteiger partial charge >= 0.3 is 0 Å². The molecule has 0 aliphatic carbocycles. The van der Waals surface area contributed by atoms with E-state index in [0.717, 1.165) is 25.9 Å². The average Bonchev–Trinajstić information content (AvgIpc) is 2.29. The Morgan fingerprint density at radius 3 is 2.00 bits per heavy atom. The zero-order valence-electron chi connectivity index (χ0n) is 12.6. The van der Waals surface area contributed by atoms with E-state index < -0.39 is 0 Å². The van der Waals surface area contributed by atoms with Crippen molar-refractivity contribution in [3.05, 3.63) is 0 Å². The third-order valence-corrected chi connectivity index (χ3v) is 4.12. The molecule has 2 N–H and O–H groups in total. The van der Waals surface area contributed by atoms with Gasteiger partial charge in [0.2, 0.25) is 0 Å². The van der Waals surface area contributed by atoms with Crippen LogP contribution in [0.15, 0.2) is 0 Å². The maximum Gasteiger partial charge on any atom is 0.0499 e. The molecule has 3 nitrogen and oxygen atoms in total. The van der Waals surface area contributed by atoms with E-state index in [1.165, 1.54) is 0 Å². The summed E-state index contributed by atoms with van der Waals surface area (Å²) in [6.45, 7) is 11.0. The van der Waals surface area contributed by atoms with Crippen LogP contribution >= 0.6 is 0 Å². The molecule has 17 heavy (non-hydrogen) atoms. The summed E-state index contributed by atoms with van der Waals surface area (Å²) in [5.74, 6) is 0.643. The van der Waals surface area contributed by atoms with Crippen molar-refractivity contribution >= 4 is 0 Å². The third kappa shape index (κ3) is 5.36. The lowest BCUT2D eigenvalue weighted by Crippen LogP contribution is -2.45. The fraction of sp³-hybridized carbons (Fsp3) is 1.00. The number of nitrogens with zero attached hydrogens (tertiary/aromatic N) is 1. The molecule has 0 heterocycles. The molecule has 0 aromatic heterocycles. The van der Waals surface area contributed by atoms with Gasteiger partial charge in [-0.2, -0.15) is 0 Å². The van der Waals surface area contributed by atoms with E-state index in [2.05, 4.69) is 52.0 Å². The highest BCUT2D eigenvalue weighted by molar-refractivity contribution is 4.80. The molecule has 0 rings (SSSR count). The lowest BCUT2D eigenvalue weighted by Gasteiger charge is -2.33. The molecule has 0 aliphatic heterocycles. The van der Waals surface area contributed by atoms with Crippen LogP contribution in [0.5, 0.6) is 0 Å². The standard InChI is InChI=1S/C14H32N2O/c1-7-14(8-2,11-17)10-15-9-13(12(3)4)16(5)6/h12-13,15,17H,7-11H2,1-6H3. The van der Waals surface area contributed by atoms with Gasteiger partial charge in [0.25, 0.3) is 0 Å². The Bertz CT molecular complexity index is 172. The van der Waals surface area contributed by atoms with Crippen molar-refractivity contribution in [3.63, 3.8) is 0 Å². The van der Waals surface area contributed by atoms with Gasteiger partial charge in [0.15, 0.2) is 0 Å². The monoisotopic (exact) mass is 244 g/mol. The molecule has 0 aromatic carbocycles. The van der Waals surface area contributed by atoms with Crippen molar-refractivity contribution in [2.45, 2.75) is 46.6 Å². The molecule has 0 radical (unpaired) electrons. The van der Waals surface area contributed by atoms with Crippen molar-refractivity contribution in [2.24, 2.45) is 11.3 Å². The van der Waals surface area contributed by atoms with Gasteiger partial charge in [0.05, 0.1) is 0 Å². The molecule has 1 unspecified atom stereocenters. The number of hydrogen-bond acceptors (Lipinski definition) is 3. The Morgan fingerprint density at radius 2 is 1.71 bits per heavy atom. The first-order valence-corrected chi connectivity index (χ1v) is 6.90. The van der Waals surface area contributed by atoms with Crippen LogP contribution in [0.2, 0.25) is 0 Å². The summed E-state index contributed by atoms with van der Waals surface area (Å²) >= 11 is 0. The molecule has 0 spiro atoms. The topological polar surface area (TPSA) is 35.5 Å². The Hall–Kier alpha value is -0.120. The van der Waals surface area contributed by atoms with Gasteiger partial charge in [0, 0.05) is 31.2 Å². The van der Waals surface area contributed by atoms with E-state index >= 15 is 0 Å². The Kier molecular flexibility index (Phi) is 8.01. The van der Waals surface area contributed by atoms with Crippen molar-refractivity contribution in [3.8, 4) is 0 Å². The molecule has 0 bridgehead atoms. The number of rotatable bonds is 9. The molecule has 0 aromatic rings. The van der Waals surface area contributed by atoms with Crippen LogP contribution in [0.3, 0.4) is 0 Å². The quantitative estimate of drug-likeness (QED) is 0.651. The fourth-order valence-electron chi connectivity index (χ4n) is 2.28. The number of aliphatic hydroxyl groups is 1. The predicted molar refractivity (Wildman–Crippen MR) is 75.3 cm³/mol. The summed E-state index contributed by atoms with van der Waals surface area (Å²) in [5, 5.41) is 13.0. The highest BCUT2D eigenvalue weighted by Crippen LogP contribution is 2.24. The average molecular weight is 244 g/mol. The molecular weight excluding hydrogens is 212 g/mol. The van der Waals surface area contributed by atoms with Crippen molar-refractivity contribution in [1.29, 1.82) is 0 Å². The summed E-state index contributed by atoms with van der Waals surface area (Å²) in [5.41, 5.74) is 0.0633. The normalized spacial score (nSPS) is 14.6. The summed E-state index contributed by atoms with van der Waals surface area (Å²) in [4.78, 5) is 2.27. The van der Waals surface area contributed by atoms with Crippen LogP contribution in [-0.2, 0) is 0 Å². The lowest BCUT2D eigenvalue weighted by molar-refractivity contribution is 0.108. The van der Waals surface area contributed by atoms with E-state index in [0.29, 0.717) is 12.0 Å². The second-order valence-corrected chi connectivity index (χ2v) is 5.77. The molecule has 1 atom stereocenters. The van der Waals surface area contributed by atoms with Crippen LogP contribution in [0.25, 0.3) is 0 Å². The maximum atomic E-state index is 9.51. The third-order valence-electron chi connectivity index (χ3n) is 4.12. The van der Waals surface area contributed by atoms with E-state index in [4.69, 9.17) is 0 Å². The summed E-state index contributed by atoms with van der Waals surface area (Å²) in [6.07, 6.45) is 2.06. The van der Waals surface area contributed by atoms with E-state index in [1.54, 1.807) is 0 Å². The molecule has 0 saturated carbocycles. The highest BCUT2D eigenvalue weighted by Gasteiger charge is 2.25. The fourth-order valence-corrected chi connectivity index (χ4v) is 2.28. The lowest BCUT2D eigenvalue weighted by atomic mass is 9.83. The van der Waals surface area contributed by atoms with Gasteiger partial charge < -0.3 is 15.3 Å². The molecule has 0 fully saturated rings. The number of aliphatic hydroxyl groups excluding tert-OH is 1. The Morgan fingerprint density at radius 1 is 1.18 bits per heavy atom. The van der Waals surface area contributed by atoms with Crippen molar-refractivity contribution in [1.82, 2.24) is 10.2 Å². The summed E-state index contributed by atoms with van der Waals surface area (Å²) in [7, 11) is 4.26. The van der Waals surface area contributed by atoms with Crippen LogP contribution < -0.4 is 5.32 Å². The smallest absolute Gasteiger partial charge is 0.0499 e. The molecule has 0 amide bonds. The van der Waals surface area contributed by atoms with Gasteiger partial charge in [-0.15, -0.1) is 0 Å². The minimum Gasteiger partial charge on any atom is -0.396 e. The molecule has 3 heteroatoms. The zero-order chi connectivity index (χ0) is 13.5. The number of hydrogen-bond donors (Lipinski definition) is 2. The highest BCUT2D eigenvalue weighted by atomic mass is 16.3. The van der Waals surface area contributed by atoms with Gasteiger partial charge in [-0.1, -0.05) is 27.7 Å². The number of nitrogens with one attached hydrogen (secondary N) is 1. The van der Waals surface area contributed by atoms with Gasteiger partial charge in [0.1, 0.15) is 0 Å². The predicted octanol–water partition coefficient (Wildman–Crippen LogP) is 1.96. The minimum atomic E-state index is 0.0633. The first kappa shape index (κ1) is 16.9. The molecular formula is C14H32N2O. The van der Waals surface area contributed by atoms with Crippen molar-refractivity contribution in [2.75, 3.05) is 33.8 Å². The first-order valence-electron chi connectivity index (χ1n) is 6.90. The second kappa shape index (κ2) is 8.06. The van der Waals surface area contributed by atoms with Gasteiger partial charge in [-0.3, -0.25) is 0 Å². The van der Waals surface area contributed by atoms with E-state index in [-0.39, 0.29) is 12.0 Å². The van der Waals surface area contributed by atoms with Crippen LogP contribution in [0, 0.1) is 11.3 Å². The largest absolute Gasteiger partial charge is 0.396 e. The zero-order valence-corrected chi connectivity index (χ0v) is 12.6. The van der Waals surface area contributed by atoms with E-state index in [9.17, 15) is 5.11 Å². The maximum absolute atomic E-state index is 9.51.